The molecule has 0 aliphatic heterocycles. The molecule has 0 aliphatic carbocycles. The molecule has 0 saturated carbocycles. The second-order valence-corrected chi connectivity index (χ2v) is 7.04. The number of ketones is 1. The minimum absolute atomic E-state index is 0.0698. The lowest BCUT2D eigenvalue weighted by Crippen LogP contribution is -2.12. The zero-order chi connectivity index (χ0) is 19.9. The van der Waals surface area contributed by atoms with Gasteiger partial charge in [-0.25, -0.2) is 0 Å². The summed E-state index contributed by atoms with van der Waals surface area (Å²) in [6.07, 6.45) is -0.278. The topological polar surface area (TPSA) is 66.2 Å². The van der Waals surface area contributed by atoms with Crippen molar-refractivity contribution in [1.82, 2.24) is 14.8 Å². The van der Waals surface area contributed by atoms with Gasteiger partial charge in [-0.15, -0.1) is 10.2 Å². The largest absolute Gasteiger partial charge is 0.497 e. The summed E-state index contributed by atoms with van der Waals surface area (Å²) in [6, 6.07) is 16.7. The second kappa shape index (κ2) is 9.41. The highest BCUT2D eigenvalue weighted by molar-refractivity contribution is 7.99. The van der Waals surface area contributed by atoms with Crippen molar-refractivity contribution in [2.45, 2.75) is 31.7 Å². The van der Waals surface area contributed by atoms with E-state index in [1.807, 2.05) is 73.0 Å². The standard InChI is InChI=1S/C21H23N3O3S/c1-4-24-20(15(2)27-18-12-10-17(26-3)11-13-18)22-23-21(24)28-14-19(25)16-8-6-5-7-9-16/h5-13,15H,4,14H2,1-3H3. The van der Waals surface area contributed by atoms with Crippen molar-refractivity contribution in [3.05, 3.63) is 66.0 Å². The minimum Gasteiger partial charge on any atom is -0.497 e. The molecular weight excluding hydrogens is 374 g/mol. The molecule has 0 amide bonds. The molecular formula is C21H23N3O3S. The van der Waals surface area contributed by atoms with E-state index >= 15 is 0 Å². The smallest absolute Gasteiger partial charge is 0.191 e. The predicted octanol–water partition coefficient (Wildman–Crippen LogP) is 4.42. The minimum atomic E-state index is -0.278. The van der Waals surface area contributed by atoms with E-state index < -0.39 is 0 Å². The highest BCUT2D eigenvalue weighted by Gasteiger charge is 2.19. The van der Waals surface area contributed by atoms with Crippen LogP contribution >= 0.6 is 11.8 Å². The third kappa shape index (κ3) is 4.72. The summed E-state index contributed by atoms with van der Waals surface area (Å²) < 4.78 is 13.1. The van der Waals surface area contributed by atoms with Gasteiger partial charge in [0.1, 0.15) is 11.5 Å². The first kappa shape index (κ1) is 19.9. The van der Waals surface area contributed by atoms with Crippen molar-refractivity contribution in [2.75, 3.05) is 12.9 Å². The fraction of sp³-hybridized carbons (Fsp3) is 0.286. The van der Waals surface area contributed by atoms with E-state index in [2.05, 4.69) is 10.2 Å². The van der Waals surface area contributed by atoms with Crippen molar-refractivity contribution >= 4 is 17.5 Å². The molecule has 2 aromatic carbocycles. The zero-order valence-corrected chi connectivity index (χ0v) is 17.0. The summed E-state index contributed by atoms with van der Waals surface area (Å²) >= 11 is 1.39. The molecule has 28 heavy (non-hydrogen) atoms. The Bertz CT molecular complexity index is 910. The van der Waals surface area contributed by atoms with E-state index in [0.29, 0.717) is 23.0 Å². The third-order valence-corrected chi connectivity index (χ3v) is 5.19. The average molecular weight is 398 g/mol. The molecule has 1 atom stereocenters. The van der Waals surface area contributed by atoms with Crippen LogP contribution in [0.15, 0.2) is 59.8 Å². The number of carbonyl (C=O) groups excluding carboxylic acids is 1. The first-order chi connectivity index (χ1) is 13.6. The van der Waals surface area contributed by atoms with Crippen LogP contribution in [0.3, 0.4) is 0 Å². The summed E-state index contributed by atoms with van der Waals surface area (Å²) in [5.41, 5.74) is 0.703. The van der Waals surface area contributed by atoms with Gasteiger partial charge in [0.25, 0.3) is 0 Å². The lowest BCUT2D eigenvalue weighted by atomic mass is 10.2. The fourth-order valence-corrected chi connectivity index (χ4v) is 3.66. The Balaban J connectivity index is 1.67. The number of thioether (sulfide) groups is 1. The molecule has 1 heterocycles. The predicted molar refractivity (Wildman–Crippen MR) is 109 cm³/mol. The summed E-state index contributed by atoms with van der Waals surface area (Å²) in [7, 11) is 1.63. The maximum Gasteiger partial charge on any atom is 0.191 e. The van der Waals surface area contributed by atoms with Crippen LogP contribution in [-0.4, -0.2) is 33.4 Å². The van der Waals surface area contributed by atoms with Gasteiger partial charge in [-0.3, -0.25) is 4.79 Å². The fourth-order valence-electron chi connectivity index (χ4n) is 2.75. The van der Waals surface area contributed by atoms with Gasteiger partial charge >= 0.3 is 0 Å². The molecule has 0 N–H and O–H groups in total. The van der Waals surface area contributed by atoms with Crippen LogP contribution in [0.4, 0.5) is 0 Å². The molecule has 1 unspecified atom stereocenters. The average Bonchev–Trinajstić information content (AvgIpc) is 3.16. The molecule has 0 spiro atoms. The molecule has 0 fully saturated rings. The highest BCUT2D eigenvalue weighted by atomic mass is 32.2. The van der Waals surface area contributed by atoms with Gasteiger partial charge in [0.15, 0.2) is 22.9 Å². The van der Waals surface area contributed by atoms with Gasteiger partial charge in [0.2, 0.25) is 0 Å². The lowest BCUT2D eigenvalue weighted by molar-refractivity contribution is 0.102. The number of hydrogen-bond acceptors (Lipinski definition) is 6. The Morgan fingerprint density at radius 1 is 1.07 bits per heavy atom. The first-order valence-corrected chi connectivity index (χ1v) is 10.1. The van der Waals surface area contributed by atoms with Gasteiger partial charge in [-0.2, -0.15) is 0 Å². The van der Waals surface area contributed by atoms with Crippen LogP contribution in [0.1, 0.15) is 36.1 Å². The van der Waals surface area contributed by atoms with E-state index in [1.54, 1.807) is 7.11 Å². The maximum absolute atomic E-state index is 12.3. The van der Waals surface area contributed by atoms with Crippen molar-refractivity contribution < 1.29 is 14.3 Å². The molecule has 0 saturated heterocycles. The number of methoxy groups -OCH3 is 1. The third-order valence-electron chi connectivity index (χ3n) is 4.23. The molecule has 0 aliphatic rings. The van der Waals surface area contributed by atoms with E-state index in [9.17, 15) is 4.79 Å². The second-order valence-electron chi connectivity index (χ2n) is 6.10. The van der Waals surface area contributed by atoms with E-state index in [-0.39, 0.29) is 11.9 Å². The Morgan fingerprint density at radius 3 is 2.39 bits per heavy atom. The number of ether oxygens (including phenoxy) is 2. The summed E-state index contributed by atoms with van der Waals surface area (Å²) in [4.78, 5) is 12.3. The Hall–Kier alpha value is -2.80. The Labute approximate surface area is 168 Å². The molecule has 7 heteroatoms. The molecule has 146 valence electrons. The van der Waals surface area contributed by atoms with Gasteiger partial charge < -0.3 is 14.0 Å². The SMILES string of the molecule is CCn1c(SCC(=O)c2ccccc2)nnc1C(C)Oc1ccc(OC)cc1. The monoisotopic (exact) mass is 397 g/mol. The van der Waals surface area contributed by atoms with Crippen molar-refractivity contribution in [2.24, 2.45) is 0 Å². The quantitative estimate of drug-likeness (QED) is 0.393. The van der Waals surface area contributed by atoms with Gasteiger partial charge in [-0.05, 0) is 38.1 Å². The molecule has 0 bridgehead atoms. The number of carbonyl (C=O) groups is 1. The van der Waals surface area contributed by atoms with Crippen molar-refractivity contribution in [3.63, 3.8) is 0 Å². The van der Waals surface area contributed by atoms with Crippen molar-refractivity contribution in [1.29, 1.82) is 0 Å². The molecule has 3 aromatic rings. The van der Waals surface area contributed by atoms with Gasteiger partial charge in [-0.1, -0.05) is 42.1 Å². The van der Waals surface area contributed by atoms with Crippen LogP contribution in [-0.2, 0) is 6.54 Å². The molecule has 1 aromatic heterocycles. The summed E-state index contributed by atoms with van der Waals surface area (Å²) in [5.74, 6) is 2.62. The summed E-state index contributed by atoms with van der Waals surface area (Å²) in [6.45, 7) is 4.65. The van der Waals surface area contributed by atoms with Gasteiger partial charge in [0, 0.05) is 12.1 Å². The van der Waals surface area contributed by atoms with E-state index in [1.165, 1.54) is 11.8 Å². The molecule has 3 rings (SSSR count). The molecule has 6 nitrogen and oxygen atoms in total. The Kier molecular flexibility index (Phi) is 6.71. The Morgan fingerprint density at radius 2 is 1.75 bits per heavy atom. The van der Waals surface area contributed by atoms with E-state index in [0.717, 1.165) is 17.3 Å². The number of nitrogens with zero attached hydrogens (tertiary/aromatic N) is 3. The maximum atomic E-state index is 12.3. The number of Topliss-reactive ketones (excluding diaryl/α,β-unsaturated/α-hetero) is 1. The van der Waals surface area contributed by atoms with Crippen LogP contribution < -0.4 is 9.47 Å². The van der Waals surface area contributed by atoms with Crippen molar-refractivity contribution in [3.8, 4) is 11.5 Å². The molecule has 0 radical (unpaired) electrons. The zero-order valence-electron chi connectivity index (χ0n) is 16.2. The normalized spacial score (nSPS) is 11.8. The number of aromatic nitrogens is 3. The van der Waals surface area contributed by atoms with Crippen LogP contribution in [0.25, 0.3) is 0 Å². The first-order valence-electron chi connectivity index (χ1n) is 9.07. The van der Waals surface area contributed by atoms with E-state index in [4.69, 9.17) is 9.47 Å². The van der Waals surface area contributed by atoms with Crippen LogP contribution in [0.5, 0.6) is 11.5 Å². The number of hydrogen-bond donors (Lipinski definition) is 0. The number of rotatable bonds is 9. The van der Waals surface area contributed by atoms with Crippen LogP contribution in [0.2, 0.25) is 0 Å². The van der Waals surface area contributed by atoms with Crippen LogP contribution in [0, 0.1) is 0 Å². The van der Waals surface area contributed by atoms with Gasteiger partial charge in [0.05, 0.1) is 12.9 Å². The summed E-state index contributed by atoms with van der Waals surface area (Å²) in [5, 5.41) is 9.28. The number of benzene rings is 2. The lowest BCUT2D eigenvalue weighted by Gasteiger charge is -2.15. The highest BCUT2D eigenvalue weighted by Crippen LogP contribution is 2.26.